The van der Waals surface area contributed by atoms with Gasteiger partial charge in [-0.3, -0.25) is 4.72 Å². The van der Waals surface area contributed by atoms with Crippen molar-refractivity contribution < 1.29 is 32.9 Å². The third-order valence-corrected chi connectivity index (χ3v) is 8.07. The van der Waals surface area contributed by atoms with Crippen LogP contribution < -0.4 is 4.72 Å². The lowest BCUT2D eigenvalue weighted by molar-refractivity contribution is 0.0600. The number of hydrogen-bond donors (Lipinski definition) is 3. The number of aromatic hydroxyl groups is 2. The summed E-state index contributed by atoms with van der Waals surface area (Å²) >= 11 is 0. The van der Waals surface area contributed by atoms with Crippen LogP contribution in [-0.2, 0) is 19.5 Å². The molecule has 0 amide bonds. The van der Waals surface area contributed by atoms with Crippen LogP contribution in [0.2, 0.25) is 0 Å². The minimum absolute atomic E-state index is 0.103. The Morgan fingerprint density at radius 3 is 1.97 bits per heavy atom. The van der Waals surface area contributed by atoms with Gasteiger partial charge in [0.25, 0.3) is 0 Å². The number of nitrogens with one attached hydrogen (secondary N) is 1. The van der Waals surface area contributed by atoms with Crippen LogP contribution in [0.15, 0.2) is 72.8 Å². The molecule has 0 spiro atoms. The van der Waals surface area contributed by atoms with Crippen molar-refractivity contribution >= 4 is 32.8 Å². The van der Waals surface area contributed by atoms with E-state index < -0.39 is 33.5 Å². The van der Waals surface area contributed by atoms with Crippen LogP contribution in [0.1, 0.15) is 27.9 Å². The monoisotopic (exact) mass is 493 g/mol. The first kappa shape index (κ1) is 22.9. The van der Waals surface area contributed by atoms with E-state index in [-0.39, 0.29) is 17.9 Å². The smallest absolute Gasteiger partial charge is 0.337 e. The Morgan fingerprint density at radius 2 is 1.43 bits per heavy atom. The molecule has 0 aromatic heterocycles. The number of anilines is 1. The Hall–Kier alpha value is -3.82. The Kier molecular flexibility index (Phi) is 5.74. The molecule has 0 aliphatic carbocycles. The number of rotatable bonds is 6. The quantitative estimate of drug-likeness (QED) is 0.447. The molecule has 3 unspecified atom stereocenters. The summed E-state index contributed by atoms with van der Waals surface area (Å²) in [4.78, 5) is 11.7. The van der Waals surface area contributed by atoms with Gasteiger partial charge in [-0.25, -0.2) is 13.2 Å². The molecule has 3 N–H and O–H groups in total. The number of hydrogen-bond acceptors (Lipinski definition) is 7. The van der Waals surface area contributed by atoms with Crippen molar-refractivity contribution in [3.8, 4) is 11.5 Å². The van der Waals surface area contributed by atoms with Gasteiger partial charge in [0.2, 0.25) is 10.0 Å². The third-order valence-electron chi connectivity index (χ3n) is 6.31. The third kappa shape index (κ3) is 4.24. The second-order valence-corrected chi connectivity index (χ2v) is 10.4. The molecule has 180 valence electrons. The molecule has 2 heterocycles. The van der Waals surface area contributed by atoms with E-state index in [0.29, 0.717) is 11.3 Å². The molecule has 2 aliphatic rings. The average Bonchev–Trinajstić information content (AvgIpc) is 3.45. The first-order valence-electron chi connectivity index (χ1n) is 10.9. The second kappa shape index (κ2) is 8.75. The van der Waals surface area contributed by atoms with Gasteiger partial charge >= 0.3 is 5.97 Å². The Bertz CT molecular complexity index is 1400. The lowest BCUT2D eigenvalue weighted by atomic mass is 9.83. The minimum atomic E-state index is -3.86. The van der Waals surface area contributed by atoms with Crippen molar-refractivity contribution in [1.29, 1.82) is 0 Å². The molecule has 3 aromatic carbocycles. The zero-order chi connectivity index (χ0) is 24.7. The van der Waals surface area contributed by atoms with Crippen LogP contribution >= 0.6 is 0 Å². The van der Waals surface area contributed by atoms with Crippen molar-refractivity contribution in [2.75, 3.05) is 11.8 Å². The van der Waals surface area contributed by atoms with E-state index in [1.165, 1.54) is 31.4 Å². The van der Waals surface area contributed by atoms with Gasteiger partial charge in [-0.05, 0) is 77.2 Å². The lowest BCUT2D eigenvalue weighted by Gasteiger charge is -2.25. The van der Waals surface area contributed by atoms with Gasteiger partial charge in [-0.15, -0.1) is 0 Å². The molecule has 1 saturated heterocycles. The van der Waals surface area contributed by atoms with E-state index >= 15 is 0 Å². The summed E-state index contributed by atoms with van der Waals surface area (Å²) in [5.74, 6) is -0.273. The molecular formula is C26H23NO7S. The van der Waals surface area contributed by atoms with Crippen LogP contribution in [0.25, 0.3) is 11.1 Å². The number of phenols is 2. The van der Waals surface area contributed by atoms with Crippen LogP contribution in [0.4, 0.5) is 5.69 Å². The molecule has 1 fully saturated rings. The standard InChI is InChI=1S/C26H23NO7S/c1-33-26(30)17-2-8-18(9-3-17)27-35(31,32)22-14-21-23(15-4-10-19(28)11-5-15)24(25(22)34-21)16-6-12-20(29)13-7-16/h2-13,21-22,25,27-29H,14H2,1H3. The summed E-state index contributed by atoms with van der Waals surface area (Å²) < 4.78 is 40.3. The van der Waals surface area contributed by atoms with Crippen LogP contribution in [0.5, 0.6) is 11.5 Å². The number of esters is 1. The summed E-state index contributed by atoms with van der Waals surface area (Å²) in [5.41, 5.74) is 3.84. The van der Waals surface area contributed by atoms with E-state index in [4.69, 9.17) is 4.74 Å². The lowest BCUT2D eigenvalue weighted by Crippen LogP contribution is -2.36. The molecule has 2 bridgehead atoms. The maximum Gasteiger partial charge on any atom is 0.337 e. The summed E-state index contributed by atoms with van der Waals surface area (Å²) in [6.07, 6.45) is -0.908. The SMILES string of the molecule is COC(=O)c1ccc(NS(=O)(=O)C2CC3OC2C(c2ccc(O)cc2)=C3c2ccc(O)cc2)cc1. The highest BCUT2D eigenvalue weighted by Crippen LogP contribution is 2.50. The van der Waals surface area contributed by atoms with Gasteiger partial charge in [0, 0.05) is 5.69 Å². The fraction of sp³-hybridized carbons (Fsp3) is 0.192. The fourth-order valence-electron chi connectivity index (χ4n) is 4.69. The van der Waals surface area contributed by atoms with E-state index in [9.17, 15) is 23.4 Å². The number of carbonyl (C=O) groups excluding carboxylic acids is 1. The number of methoxy groups -OCH3 is 1. The van der Waals surface area contributed by atoms with E-state index in [1.54, 1.807) is 48.5 Å². The van der Waals surface area contributed by atoms with Gasteiger partial charge in [0.05, 0.1) is 18.8 Å². The molecule has 5 rings (SSSR count). The molecule has 35 heavy (non-hydrogen) atoms. The highest BCUT2D eigenvalue weighted by Gasteiger charge is 2.52. The fourth-order valence-corrected chi connectivity index (χ4v) is 6.26. The highest BCUT2D eigenvalue weighted by molar-refractivity contribution is 7.93. The Labute approximate surface area is 202 Å². The van der Waals surface area contributed by atoms with Crippen molar-refractivity contribution in [3.05, 3.63) is 89.5 Å². The molecule has 0 saturated carbocycles. The number of phenolic OH excluding ortho intramolecular Hbond substituents is 2. The van der Waals surface area contributed by atoms with Crippen LogP contribution in [0, 0.1) is 0 Å². The predicted octanol–water partition coefficient (Wildman–Crippen LogP) is 3.78. The summed E-state index contributed by atoms with van der Waals surface area (Å²) in [6.45, 7) is 0. The normalized spacial score (nSPS) is 21.2. The summed E-state index contributed by atoms with van der Waals surface area (Å²) in [6, 6.07) is 19.3. The first-order valence-corrected chi connectivity index (χ1v) is 12.5. The van der Waals surface area contributed by atoms with Gasteiger partial charge in [0.1, 0.15) is 22.9 Å². The molecule has 9 heteroatoms. The number of ether oxygens (including phenoxy) is 2. The average molecular weight is 494 g/mol. The number of carbonyl (C=O) groups is 1. The largest absolute Gasteiger partial charge is 0.508 e. The summed E-state index contributed by atoms with van der Waals surface area (Å²) in [5, 5.41) is 18.6. The van der Waals surface area contributed by atoms with Crippen molar-refractivity contribution in [1.82, 2.24) is 0 Å². The Morgan fingerprint density at radius 1 is 0.886 bits per heavy atom. The molecule has 3 aromatic rings. The number of sulfonamides is 1. The maximum atomic E-state index is 13.4. The molecular weight excluding hydrogens is 470 g/mol. The van der Waals surface area contributed by atoms with Gasteiger partial charge in [-0.2, -0.15) is 0 Å². The van der Waals surface area contributed by atoms with E-state index in [2.05, 4.69) is 9.46 Å². The molecule has 3 atom stereocenters. The Balaban J connectivity index is 1.49. The topological polar surface area (TPSA) is 122 Å². The predicted molar refractivity (Wildman–Crippen MR) is 130 cm³/mol. The molecule has 2 aliphatic heterocycles. The van der Waals surface area contributed by atoms with Gasteiger partial charge in [-0.1, -0.05) is 24.3 Å². The van der Waals surface area contributed by atoms with Crippen LogP contribution in [0.3, 0.4) is 0 Å². The van der Waals surface area contributed by atoms with Gasteiger partial charge < -0.3 is 19.7 Å². The number of fused-ring (bicyclic) bond motifs is 2. The first-order chi connectivity index (χ1) is 16.8. The molecule has 8 nitrogen and oxygen atoms in total. The van der Waals surface area contributed by atoms with Crippen molar-refractivity contribution in [2.45, 2.75) is 23.9 Å². The second-order valence-electron chi connectivity index (χ2n) is 8.46. The van der Waals surface area contributed by atoms with Crippen molar-refractivity contribution in [3.63, 3.8) is 0 Å². The zero-order valence-electron chi connectivity index (χ0n) is 18.7. The van der Waals surface area contributed by atoms with Gasteiger partial charge in [0.15, 0.2) is 0 Å². The maximum absolute atomic E-state index is 13.4. The molecule has 0 radical (unpaired) electrons. The zero-order valence-corrected chi connectivity index (χ0v) is 19.5. The minimum Gasteiger partial charge on any atom is -0.508 e. The van der Waals surface area contributed by atoms with Crippen molar-refractivity contribution in [2.24, 2.45) is 0 Å². The summed E-state index contributed by atoms with van der Waals surface area (Å²) in [7, 11) is -2.58. The van der Waals surface area contributed by atoms with E-state index in [0.717, 1.165) is 22.3 Å². The van der Waals surface area contributed by atoms with Crippen LogP contribution in [-0.4, -0.2) is 49.2 Å². The highest BCUT2D eigenvalue weighted by atomic mass is 32.2. The van der Waals surface area contributed by atoms with E-state index in [1.807, 2.05) is 0 Å². The number of benzene rings is 3.